The van der Waals surface area contributed by atoms with E-state index >= 15 is 0 Å². The summed E-state index contributed by atoms with van der Waals surface area (Å²) < 4.78 is 0. The van der Waals surface area contributed by atoms with E-state index in [4.69, 9.17) is 0 Å². The first-order valence-electron chi connectivity index (χ1n) is 8.20. The predicted octanol–water partition coefficient (Wildman–Crippen LogP) is 3.22. The lowest BCUT2D eigenvalue weighted by Crippen LogP contribution is -2.33. The van der Waals surface area contributed by atoms with E-state index in [1.54, 1.807) is 12.1 Å². The van der Waals surface area contributed by atoms with Gasteiger partial charge in [-0.1, -0.05) is 20.8 Å². The van der Waals surface area contributed by atoms with E-state index < -0.39 is 4.92 Å². The molecular weight excluding hydrogens is 294 g/mol. The third-order valence-corrected chi connectivity index (χ3v) is 4.23. The van der Waals surface area contributed by atoms with Crippen molar-refractivity contribution in [2.75, 3.05) is 24.5 Å². The van der Waals surface area contributed by atoms with Crippen molar-refractivity contribution in [1.82, 2.24) is 5.32 Å². The number of nitrogens with one attached hydrogen (secondary N) is 1. The Kier molecular flexibility index (Phi) is 5.58. The molecule has 0 radical (unpaired) electrons. The number of nitro groups is 1. The maximum absolute atomic E-state index is 12.1. The van der Waals surface area contributed by atoms with Gasteiger partial charge >= 0.3 is 0 Å². The minimum absolute atomic E-state index is 0.0109. The van der Waals surface area contributed by atoms with Gasteiger partial charge in [0.2, 0.25) is 0 Å². The molecule has 0 aromatic heterocycles. The third-order valence-electron chi connectivity index (χ3n) is 4.23. The van der Waals surface area contributed by atoms with Crippen LogP contribution in [0.4, 0.5) is 11.4 Å². The van der Waals surface area contributed by atoms with Crippen LogP contribution in [0.3, 0.4) is 0 Å². The van der Waals surface area contributed by atoms with Crippen LogP contribution in [0.15, 0.2) is 18.2 Å². The summed E-state index contributed by atoms with van der Waals surface area (Å²) in [5.41, 5.74) is 0.963. The Morgan fingerprint density at radius 1 is 1.39 bits per heavy atom. The zero-order valence-corrected chi connectivity index (χ0v) is 14.0. The van der Waals surface area contributed by atoms with Gasteiger partial charge in [-0.3, -0.25) is 14.9 Å². The van der Waals surface area contributed by atoms with Gasteiger partial charge in [0, 0.05) is 31.3 Å². The molecule has 126 valence electrons. The highest BCUT2D eigenvalue weighted by Gasteiger charge is 2.24. The summed E-state index contributed by atoms with van der Waals surface area (Å²) in [6.07, 6.45) is 2.07. The number of hydrogen-bond donors (Lipinski definition) is 1. The summed E-state index contributed by atoms with van der Waals surface area (Å²) in [5.74, 6) is 0.732. The molecule has 1 aliphatic heterocycles. The number of carbonyl (C=O) groups is 1. The van der Waals surface area contributed by atoms with Crippen molar-refractivity contribution in [3.05, 3.63) is 33.9 Å². The molecule has 1 N–H and O–H groups in total. The molecule has 1 heterocycles. The van der Waals surface area contributed by atoms with Gasteiger partial charge in [0.15, 0.2) is 0 Å². The van der Waals surface area contributed by atoms with Gasteiger partial charge in [0.1, 0.15) is 5.69 Å². The number of carbonyl (C=O) groups excluding carboxylic acids is 1. The number of piperidine rings is 1. The monoisotopic (exact) mass is 319 g/mol. The zero-order valence-electron chi connectivity index (χ0n) is 14.0. The fourth-order valence-electron chi connectivity index (χ4n) is 2.73. The first-order chi connectivity index (χ1) is 10.9. The third kappa shape index (κ3) is 4.43. The summed E-state index contributed by atoms with van der Waals surface area (Å²) in [7, 11) is 0. The molecule has 0 spiro atoms. The first-order valence-corrected chi connectivity index (χ1v) is 8.20. The number of anilines is 1. The van der Waals surface area contributed by atoms with Gasteiger partial charge in [-0.05, 0) is 36.8 Å². The number of nitrogens with zero attached hydrogens (tertiary/aromatic N) is 2. The van der Waals surface area contributed by atoms with Crippen LogP contribution in [0.1, 0.15) is 44.0 Å². The molecule has 6 nitrogen and oxygen atoms in total. The molecule has 2 rings (SSSR count). The Bertz CT molecular complexity index is 578. The average molecular weight is 319 g/mol. The summed E-state index contributed by atoms with van der Waals surface area (Å²) in [6.45, 7) is 8.40. The molecule has 1 amide bonds. The van der Waals surface area contributed by atoms with Crippen molar-refractivity contribution in [2.24, 2.45) is 11.8 Å². The van der Waals surface area contributed by atoms with Gasteiger partial charge in [0.05, 0.1) is 4.92 Å². The summed E-state index contributed by atoms with van der Waals surface area (Å²) in [6, 6.07) is 4.78. The Morgan fingerprint density at radius 2 is 2.04 bits per heavy atom. The lowest BCUT2D eigenvalue weighted by Gasteiger charge is -2.31. The van der Waals surface area contributed by atoms with Crippen molar-refractivity contribution >= 4 is 17.3 Å². The van der Waals surface area contributed by atoms with Crippen LogP contribution < -0.4 is 10.2 Å². The van der Waals surface area contributed by atoms with Crippen LogP contribution in [-0.4, -0.2) is 30.5 Å². The van der Waals surface area contributed by atoms with Crippen LogP contribution in [-0.2, 0) is 0 Å². The van der Waals surface area contributed by atoms with E-state index in [2.05, 4.69) is 12.2 Å². The predicted molar refractivity (Wildman–Crippen MR) is 90.9 cm³/mol. The van der Waals surface area contributed by atoms with Crippen LogP contribution in [0.2, 0.25) is 0 Å². The van der Waals surface area contributed by atoms with Crippen molar-refractivity contribution in [3.8, 4) is 0 Å². The Hall–Kier alpha value is -2.11. The molecular formula is C17H25N3O3. The number of rotatable bonds is 5. The fraction of sp³-hybridized carbons (Fsp3) is 0.588. The molecule has 1 fully saturated rings. The van der Waals surface area contributed by atoms with E-state index in [-0.39, 0.29) is 11.6 Å². The van der Waals surface area contributed by atoms with Gasteiger partial charge in [-0.15, -0.1) is 0 Å². The van der Waals surface area contributed by atoms with Crippen LogP contribution in [0.5, 0.6) is 0 Å². The fourth-order valence-corrected chi connectivity index (χ4v) is 2.73. The highest BCUT2D eigenvalue weighted by atomic mass is 16.6. The van der Waals surface area contributed by atoms with Gasteiger partial charge in [-0.25, -0.2) is 0 Å². The van der Waals surface area contributed by atoms with E-state index in [9.17, 15) is 14.9 Å². The minimum Gasteiger partial charge on any atom is -0.366 e. The molecule has 0 aliphatic carbocycles. The molecule has 0 saturated carbocycles. The Morgan fingerprint density at radius 3 is 2.61 bits per heavy atom. The molecule has 23 heavy (non-hydrogen) atoms. The Balaban J connectivity index is 2.21. The normalized spacial score (nSPS) is 15.7. The van der Waals surface area contributed by atoms with E-state index in [0.29, 0.717) is 29.6 Å². The second-order valence-electron chi connectivity index (χ2n) is 6.73. The zero-order chi connectivity index (χ0) is 17.0. The summed E-state index contributed by atoms with van der Waals surface area (Å²) >= 11 is 0. The maximum atomic E-state index is 12.1. The van der Waals surface area contributed by atoms with Gasteiger partial charge < -0.3 is 10.2 Å². The molecule has 0 atom stereocenters. The van der Waals surface area contributed by atoms with Crippen LogP contribution in [0, 0.1) is 22.0 Å². The van der Waals surface area contributed by atoms with E-state index in [0.717, 1.165) is 25.9 Å². The summed E-state index contributed by atoms with van der Waals surface area (Å²) in [4.78, 5) is 25.2. The quantitative estimate of drug-likeness (QED) is 0.668. The minimum atomic E-state index is -0.396. The number of benzene rings is 1. The average Bonchev–Trinajstić information content (AvgIpc) is 2.52. The highest BCUT2D eigenvalue weighted by molar-refractivity contribution is 5.95. The van der Waals surface area contributed by atoms with Gasteiger partial charge in [0.25, 0.3) is 11.6 Å². The lowest BCUT2D eigenvalue weighted by atomic mass is 9.98. The largest absolute Gasteiger partial charge is 0.366 e. The number of nitro benzene ring substituents is 1. The van der Waals surface area contributed by atoms with Crippen LogP contribution >= 0.6 is 0 Å². The van der Waals surface area contributed by atoms with Crippen molar-refractivity contribution in [2.45, 2.75) is 33.6 Å². The second-order valence-corrected chi connectivity index (χ2v) is 6.73. The van der Waals surface area contributed by atoms with Crippen LogP contribution in [0.25, 0.3) is 0 Å². The summed E-state index contributed by atoms with van der Waals surface area (Å²) in [5, 5.41) is 14.2. The molecule has 1 aliphatic rings. The maximum Gasteiger partial charge on any atom is 0.293 e. The SMILES string of the molecule is CC(C)CNC(=O)c1ccc(N2CCC(C)CC2)c([N+](=O)[O-])c1. The van der Waals surface area contributed by atoms with Crippen molar-refractivity contribution in [3.63, 3.8) is 0 Å². The molecule has 1 aromatic rings. The van der Waals surface area contributed by atoms with Gasteiger partial charge in [-0.2, -0.15) is 0 Å². The smallest absolute Gasteiger partial charge is 0.293 e. The second kappa shape index (κ2) is 7.44. The van der Waals surface area contributed by atoms with E-state index in [1.165, 1.54) is 6.07 Å². The highest BCUT2D eigenvalue weighted by Crippen LogP contribution is 2.32. The molecule has 0 bridgehead atoms. The topological polar surface area (TPSA) is 75.5 Å². The Labute approximate surface area is 137 Å². The molecule has 0 unspecified atom stereocenters. The van der Waals surface area contributed by atoms with E-state index in [1.807, 2.05) is 18.7 Å². The molecule has 6 heteroatoms. The lowest BCUT2D eigenvalue weighted by molar-refractivity contribution is -0.384. The molecule has 1 aromatic carbocycles. The standard InChI is InChI=1S/C17H25N3O3/c1-12(2)11-18-17(21)14-4-5-15(16(10-14)20(22)23)19-8-6-13(3)7-9-19/h4-5,10,12-13H,6-9,11H2,1-3H3,(H,18,21). The van der Waals surface area contributed by atoms with Crippen molar-refractivity contribution < 1.29 is 9.72 Å². The number of amides is 1. The molecule has 1 saturated heterocycles. The van der Waals surface area contributed by atoms with Crippen molar-refractivity contribution in [1.29, 1.82) is 0 Å². The first kappa shape index (κ1) is 17.2. The number of hydrogen-bond acceptors (Lipinski definition) is 4.